The predicted octanol–water partition coefficient (Wildman–Crippen LogP) is 2.44. The van der Waals surface area contributed by atoms with Gasteiger partial charge in [-0.3, -0.25) is 0 Å². The molecule has 0 fully saturated rings. The summed E-state index contributed by atoms with van der Waals surface area (Å²) in [6.45, 7) is 6.02. The molecule has 0 aromatic heterocycles. The van der Waals surface area contributed by atoms with Crippen LogP contribution in [0.4, 0.5) is 5.69 Å². The number of rotatable bonds is 0. The third-order valence-corrected chi connectivity index (χ3v) is 1.04. The molecule has 76 valence electrons. The van der Waals surface area contributed by atoms with E-state index in [-0.39, 0.29) is 0 Å². The minimum Gasteiger partial charge on any atom is -0.399 e. The van der Waals surface area contributed by atoms with Gasteiger partial charge in [-0.05, 0) is 38.7 Å². The second kappa shape index (κ2) is 11.0. The van der Waals surface area contributed by atoms with Crippen molar-refractivity contribution < 1.29 is 0 Å². The highest BCUT2D eigenvalue weighted by molar-refractivity contribution is 5.39. The number of benzene rings is 1. The first-order valence-corrected chi connectivity index (χ1v) is 4.61. The standard InChI is InChI=1S/C7H9N.C2H7N.C2H6/c1-6-3-2-4-7(8)5-6;1-3-2;1-2/h2-5H,8H2,1H3;3H,1-2H3;1-2H3. The summed E-state index contributed by atoms with van der Waals surface area (Å²) < 4.78 is 0. The van der Waals surface area contributed by atoms with E-state index >= 15 is 0 Å². The van der Waals surface area contributed by atoms with Crippen LogP contribution in [0.15, 0.2) is 24.3 Å². The number of anilines is 1. The van der Waals surface area contributed by atoms with Gasteiger partial charge in [0.15, 0.2) is 0 Å². The molecule has 0 atom stereocenters. The topological polar surface area (TPSA) is 38.0 Å². The van der Waals surface area contributed by atoms with Crippen LogP contribution in [0.25, 0.3) is 0 Å². The highest BCUT2D eigenvalue weighted by atomic mass is 14.7. The maximum Gasteiger partial charge on any atom is 0.0316 e. The zero-order valence-electron chi connectivity index (χ0n) is 9.39. The Balaban J connectivity index is 0. The summed E-state index contributed by atoms with van der Waals surface area (Å²) in [7, 11) is 3.75. The maximum atomic E-state index is 5.46. The third kappa shape index (κ3) is 11.0. The molecule has 0 aliphatic carbocycles. The highest BCUT2D eigenvalue weighted by Crippen LogP contribution is 2.03. The molecule has 0 aliphatic rings. The van der Waals surface area contributed by atoms with Gasteiger partial charge in [0.25, 0.3) is 0 Å². The molecule has 0 saturated heterocycles. The minimum absolute atomic E-state index is 0.838. The first kappa shape index (κ1) is 14.5. The van der Waals surface area contributed by atoms with Crippen LogP contribution in [-0.4, -0.2) is 14.1 Å². The van der Waals surface area contributed by atoms with Crippen LogP contribution in [-0.2, 0) is 0 Å². The van der Waals surface area contributed by atoms with E-state index in [1.165, 1.54) is 5.56 Å². The summed E-state index contributed by atoms with van der Waals surface area (Å²) in [5.74, 6) is 0. The lowest BCUT2D eigenvalue weighted by molar-refractivity contribution is 1.02. The van der Waals surface area contributed by atoms with Crippen LogP contribution >= 0.6 is 0 Å². The van der Waals surface area contributed by atoms with E-state index in [9.17, 15) is 0 Å². The summed E-state index contributed by atoms with van der Waals surface area (Å²) in [6, 6.07) is 7.80. The summed E-state index contributed by atoms with van der Waals surface area (Å²) in [5.41, 5.74) is 7.51. The minimum atomic E-state index is 0.838. The molecule has 0 saturated carbocycles. The van der Waals surface area contributed by atoms with E-state index in [4.69, 9.17) is 5.73 Å². The van der Waals surface area contributed by atoms with Crippen molar-refractivity contribution in [3.05, 3.63) is 29.8 Å². The molecular weight excluding hydrogens is 160 g/mol. The summed E-state index contributed by atoms with van der Waals surface area (Å²) in [4.78, 5) is 0. The zero-order chi connectivity index (χ0) is 10.7. The Labute approximate surface area is 82.2 Å². The van der Waals surface area contributed by atoms with Crippen molar-refractivity contribution in [1.82, 2.24) is 5.32 Å². The Morgan fingerprint density at radius 2 is 1.62 bits per heavy atom. The van der Waals surface area contributed by atoms with Crippen molar-refractivity contribution in [2.75, 3.05) is 19.8 Å². The van der Waals surface area contributed by atoms with E-state index in [1.54, 1.807) is 0 Å². The molecule has 2 nitrogen and oxygen atoms in total. The smallest absolute Gasteiger partial charge is 0.0316 e. The number of nitrogens with one attached hydrogen (secondary N) is 1. The van der Waals surface area contributed by atoms with Crippen LogP contribution in [0, 0.1) is 6.92 Å². The number of nitrogens with two attached hydrogens (primary N) is 1. The molecule has 0 heterocycles. The molecular formula is C11H22N2. The van der Waals surface area contributed by atoms with Gasteiger partial charge >= 0.3 is 0 Å². The number of hydrogen-bond acceptors (Lipinski definition) is 2. The monoisotopic (exact) mass is 182 g/mol. The fourth-order valence-electron chi connectivity index (χ4n) is 0.670. The summed E-state index contributed by atoms with van der Waals surface area (Å²) in [5, 5.41) is 2.75. The van der Waals surface area contributed by atoms with Crippen molar-refractivity contribution >= 4 is 5.69 Å². The van der Waals surface area contributed by atoms with Crippen LogP contribution < -0.4 is 11.1 Å². The van der Waals surface area contributed by atoms with Gasteiger partial charge in [0.05, 0.1) is 0 Å². The average molecular weight is 182 g/mol. The fourth-order valence-corrected chi connectivity index (χ4v) is 0.670. The van der Waals surface area contributed by atoms with Crippen LogP contribution in [0.1, 0.15) is 19.4 Å². The Kier molecular flexibility index (Phi) is 12.2. The first-order valence-electron chi connectivity index (χ1n) is 4.61. The first-order chi connectivity index (χ1) is 6.20. The molecule has 0 aliphatic heterocycles. The molecule has 1 aromatic carbocycles. The molecule has 0 amide bonds. The number of aryl methyl sites for hydroxylation is 1. The van der Waals surface area contributed by atoms with Crippen molar-refractivity contribution in [3.63, 3.8) is 0 Å². The lowest BCUT2D eigenvalue weighted by Gasteiger charge is -1.91. The van der Waals surface area contributed by atoms with Crippen molar-refractivity contribution in [2.24, 2.45) is 0 Å². The molecule has 0 bridgehead atoms. The third-order valence-electron chi connectivity index (χ3n) is 1.04. The largest absolute Gasteiger partial charge is 0.399 e. The molecule has 0 radical (unpaired) electrons. The van der Waals surface area contributed by atoms with Gasteiger partial charge in [0.1, 0.15) is 0 Å². The van der Waals surface area contributed by atoms with Gasteiger partial charge in [0, 0.05) is 5.69 Å². The molecule has 13 heavy (non-hydrogen) atoms. The van der Waals surface area contributed by atoms with Crippen LogP contribution in [0.3, 0.4) is 0 Å². The highest BCUT2D eigenvalue weighted by Gasteiger charge is 1.81. The second-order valence-electron chi connectivity index (χ2n) is 2.41. The Hall–Kier alpha value is -1.02. The van der Waals surface area contributed by atoms with Gasteiger partial charge in [0.2, 0.25) is 0 Å². The Morgan fingerprint density at radius 3 is 1.85 bits per heavy atom. The van der Waals surface area contributed by atoms with Crippen molar-refractivity contribution in [2.45, 2.75) is 20.8 Å². The molecule has 2 heteroatoms. The van der Waals surface area contributed by atoms with Gasteiger partial charge in [-0.2, -0.15) is 0 Å². The quantitative estimate of drug-likeness (QED) is 0.605. The SMILES string of the molecule is CC.CNC.Cc1cccc(N)c1. The molecule has 1 aromatic rings. The van der Waals surface area contributed by atoms with Crippen LogP contribution in [0.2, 0.25) is 0 Å². The zero-order valence-corrected chi connectivity index (χ0v) is 9.39. The fraction of sp³-hybridized carbons (Fsp3) is 0.455. The van der Waals surface area contributed by atoms with E-state index in [0.29, 0.717) is 0 Å². The van der Waals surface area contributed by atoms with E-state index in [1.807, 2.05) is 59.1 Å². The van der Waals surface area contributed by atoms with Crippen LogP contribution in [0.5, 0.6) is 0 Å². The lowest BCUT2D eigenvalue weighted by Crippen LogP contribution is -1.89. The van der Waals surface area contributed by atoms with Gasteiger partial charge in [-0.1, -0.05) is 26.0 Å². The van der Waals surface area contributed by atoms with Crippen molar-refractivity contribution in [1.29, 1.82) is 0 Å². The average Bonchev–Trinajstić information content (AvgIpc) is 2.08. The Morgan fingerprint density at radius 1 is 1.15 bits per heavy atom. The summed E-state index contributed by atoms with van der Waals surface area (Å²) >= 11 is 0. The van der Waals surface area contributed by atoms with Gasteiger partial charge in [-0.15, -0.1) is 0 Å². The van der Waals surface area contributed by atoms with Gasteiger partial charge in [-0.25, -0.2) is 0 Å². The second-order valence-corrected chi connectivity index (χ2v) is 2.41. The van der Waals surface area contributed by atoms with E-state index < -0.39 is 0 Å². The molecule has 0 unspecified atom stereocenters. The van der Waals surface area contributed by atoms with E-state index in [0.717, 1.165) is 5.69 Å². The number of hydrogen-bond donors (Lipinski definition) is 2. The Bertz CT molecular complexity index is 180. The van der Waals surface area contributed by atoms with E-state index in [2.05, 4.69) is 5.32 Å². The molecule has 0 spiro atoms. The normalized spacial score (nSPS) is 7.46. The molecule has 3 N–H and O–H groups in total. The maximum absolute atomic E-state index is 5.46. The van der Waals surface area contributed by atoms with Crippen molar-refractivity contribution in [3.8, 4) is 0 Å². The predicted molar refractivity (Wildman–Crippen MR) is 61.9 cm³/mol. The number of nitrogen functional groups attached to an aromatic ring is 1. The lowest BCUT2D eigenvalue weighted by atomic mass is 10.2. The summed E-state index contributed by atoms with van der Waals surface area (Å²) in [6.07, 6.45) is 0. The van der Waals surface area contributed by atoms with Gasteiger partial charge < -0.3 is 11.1 Å². The molecule has 1 rings (SSSR count).